The fourth-order valence-electron chi connectivity index (χ4n) is 3.77. The third kappa shape index (κ3) is 6.85. The Morgan fingerprint density at radius 1 is 1.00 bits per heavy atom. The first-order valence-electron chi connectivity index (χ1n) is 12.0. The maximum Gasteiger partial charge on any atom is 0.293 e. The number of carbonyl (C=O) groups is 3. The smallest absolute Gasteiger partial charge is 0.293 e. The summed E-state index contributed by atoms with van der Waals surface area (Å²) in [5.41, 5.74) is 4.47. The third-order valence-corrected chi connectivity index (χ3v) is 7.22. The van der Waals surface area contributed by atoms with Crippen molar-refractivity contribution in [3.05, 3.63) is 92.3 Å². The first kappa shape index (κ1) is 27.5. The summed E-state index contributed by atoms with van der Waals surface area (Å²) in [5.74, 6) is 0.204. The number of carbonyl (C=O) groups excluding carboxylic acids is 3. The maximum absolute atomic E-state index is 13.0. The molecule has 0 unspecified atom stereocenters. The Morgan fingerprint density at radius 2 is 1.82 bits per heavy atom. The molecule has 9 heteroatoms. The average Bonchev–Trinajstić information content (AvgIpc) is 3.13. The van der Waals surface area contributed by atoms with Gasteiger partial charge in [0.15, 0.2) is 18.1 Å². The summed E-state index contributed by atoms with van der Waals surface area (Å²) >= 11 is 4.31. The SMILES string of the molecule is CCOc1cc(/C=C2/SC(=O)N(Cc3cccc(Br)c3)C2=O)ccc1OCC(=O)Nc1ccc(C)c(C)c1. The number of hydrogen-bond donors (Lipinski definition) is 1. The third-order valence-electron chi connectivity index (χ3n) is 5.82. The normalized spacial score (nSPS) is 14.2. The van der Waals surface area contributed by atoms with Gasteiger partial charge in [0.25, 0.3) is 17.1 Å². The Labute approximate surface area is 234 Å². The maximum atomic E-state index is 13.0. The van der Waals surface area contributed by atoms with Gasteiger partial charge in [-0.15, -0.1) is 0 Å². The molecule has 0 bridgehead atoms. The molecule has 1 saturated heterocycles. The van der Waals surface area contributed by atoms with Crippen LogP contribution < -0.4 is 14.8 Å². The van der Waals surface area contributed by atoms with Gasteiger partial charge in [-0.3, -0.25) is 19.3 Å². The zero-order valence-corrected chi connectivity index (χ0v) is 23.6. The lowest BCUT2D eigenvalue weighted by molar-refractivity contribution is -0.123. The molecule has 1 aliphatic rings. The minimum Gasteiger partial charge on any atom is -0.490 e. The van der Waals surface area contributed by atoms with E-state index in [1.165, 1.54) is 4.90 Å². The summed E-state index contributed by atoms with van der Waals surface area (Å²) in [7, 11) is 0. The molecule has 1 heterocycles. The van der Waals surface area contributed by atoms with E-state index in [9.17, 15) is 14.4 Å². The molecule has 1 N–H and O–H groups in total. The van der Waals surface area contributed by atoms with Crippen LogP contribution in [0.3, 0.4) is 0 Å². The van der Waals surface area contributed by atoms with Crippen molar-refractivity contribution in [2.75, 3.05) is 18.5 Å². The highest BCUT2D eigenvalue weighted by Gasteiger charge is 2.35. The number of amides is 3. The fraction of sp³-hybridized carbons (Fsp3) is 0.207. The summed E-state index contributed by atoms with van der Waals surface area (Å²) in [5, 5.41) is 2.51. The second kappa shape index (κ2) is 12.3. The Bertz CT molecular complexity index is 1420. The van der Waals surface area contributed by atoms with E-state index in [0.717, 1.165) is 32.9 Å². The molecule has 38 heavy (non-hydrogen) atoms. The average molecular weight is 596 g/mol. The highest BCUT2D eigenvalue weighted by Crippen LogP contribution is 2.35. The van der Waals surface area contributed by atoms with Crippen LogP contribution in [0.2, 0.25) is 0 Å². The van der Waals surface area contributed by atoms with Gasteiger partial charge in [-0.05, 0) is 97.3 Å². The van der Waals surface area contributed by atoms with Crippen LogP contribution in [0.15, 0.2) is 70.0 Å². The minimum atomic E-state index is -0.346. The Kier molecular flexibility index (Phi) is 8.91. The van der Waals surface area contributed by atoms with Gasteiger partial charge in [-0.2, -0.15) is 0 Å². The van der Waals surface area contributed by atoms with Gasteiger partial charge < -0.3 is 14.8 Å². The van der Waals surface area contributed by atoms with Crippen LogP contribution >= 0.6 is 27.7 Å². The highest BCUT2D eigenvalue weighted by molar-refractivity contribution is 9.10. The first-order valence-corrected chi connectivity index (χ1v) is 13.6. The van der Waals surface area contributed by atoms with Gasteiger partial charge in [-0.1, -0.05) is 40.2 Å². The molecule has 7 nitrogen and oxygen atoms in total. The standard InChI is InChI=1S/C29H27BrN2O5S/c1-4-36-25-14-20(9-11-24(25)37-17-27(33)31-23-10-8-18(2)19(3)12-23)15-26-28(34)32(29(35)38-26)16-21-6-5-7-22(30)13-21/h5-15H,4,16-17H2,1-3H3,(H,31,33)/b26-15+. The van der Waals surface area contributed by atoms with Gasteiger partial charge in [0.1, 0.15) is 0 Å². The zero-order chi connectivity index (χ0) is 27.2. The number of nitrogens with one attached hydrogen (secondary N) is 1. The van der Waals surface area contributed by atoms with Crippen LogP contribution in [0.1, 0.15) is 29.2 Å². The van der Waals surface area contributed by atoms with Crippen LogP contribution in [0.5, 0.6) is 11.5 Å². The molecule has 0 radical (unpaired) electrons. The predicted molar refractivity (Wildman–Crippen MR) is 153 cm³/mol. The fourth-order valence-corrected chi connectivity index (χ4v) is 5.05. The molecule has 3 aromatic carbocycles. The van der Waals surface area contributed by atoms with E-state index in [0.29, 0.717) is 34.3 Å². The van der Waals surface area contributed by atoms with Crippen molar-refractivity contribution < 1.29 is 23.9 Å². The van der Waals surface area contributed by atoms with E-state index in [1.807, 2.05) is 63.2 Å². The van der Waals surface area contributed by atoms with E-state index in [2.05, 4.69) is 21.2 Å². The first-order chi connectivity index (χ1) is 18.2. The number of nitrogens with zero attached hydrogens (tertiary/aromatic N) is 1. The Hall–Kier alpha value is -3.56. The van der Waals surface area contributed by atoms with Crippen LogP contribution in [-0.4, -0.2) is 35.2 Å². The zero-order valence-electron chi connectivity index (χ0n) is 21.2. The number of anilines is 1. The largest absolute Gasteiger partial charge is 0.490 e. The molecule has 0 saturated carbocycles. The van der Waals surface area contributed by atoms with Crippen molar-refractivity contribution in [3.63, 3.8) is 0 Å². The summed E-state index contributed by atoms with van der Waals surface area (Å²) in [6, 6.07) is 18.4. The van der Waals surface area contributed by atoms with E-state index in [4.69, 9.17) is 9.47 Å². The summed E-state index contributed by atoms with van der Waals surface area (Å²) in [4.78, 5) is 39.5. The number of benzene rings is 3. The monoisotopic (exact) mass is 594 g/mol. The molecule has 0 aromatic heterocycles. The molecule has 3 amide bonds. The van der Waals surface area contributed by atoms with Crippen molar-refractivity contribution in [3.8, 4) is 11.5 Å². The van der Waals surface area contributed by atoms with Crippen LogP contribution in [0.4, 0.5) is 10.5 Å². The lowest BCUT2D eigenvalue weighted by Crippen LogP contribution is -2.27. The van der Waals surface area contributed by atoms with Crippen LogP contribution in [0, 0.1) is 13.8 Å². The Balaban J connectivity index is 1.44. The molecule has 0 aliphatic carbocycles. The minimum absolute atomic E-state index is 0.194. The lowest BCUT2D eigenvalue weighted by atomic mass is 10.1. The van der Waals surface area contributed by atoms with Crippen LogP contribution in [0.25, 0.3) is 6.08 Å². The van der Waals surface area contributed by atoms with E-state index < -0.39 is 0 Å². The number of halogens is 1. The summed E-state index contributed by atoms with van der Waals surface area (Å²) in [6.07, 6.45) is 1.66. The van der Waals surface area contributed by atoms with Crippen molar-refractivity contribution in [1.29, 1.82) is 0 Å². The van der Waals surface area contributed by atoms with Gasteiger partial charge in [0.2, 0.25) is 0 Å². The molecule has 3 aromatic rings. The Morgan fingerprint density at radius 3 is 2.55 bits per heavy atom. The second-order valence-corrected chi connectivity index (χ2v) is 10.6. The number of rotatable bonds is 9. The van der Waals surface area contributed by atoms with Gasteiger partial charge in [0, 0.05) is 10.2 Å². The van der Waals surface area contributed by atoms with E-state index in [-0.39, 0.29) is 30.2 Å². The number of ether oxygens (including phenoxy) is 2. The van der Waals surface area contributed by atoms with Gasteiger partial charge >= 0.3 is 0 Å². The van der Waals surface area contributed by atoms with Gasteiger partial charge in [-0.25, -0.2) is 0 Å². The van der Waals surface area contributed by atoms with Crippen molar-refractivity contribution in [2.45, 2.75) is 27.3 Å². The summed E-state index contributed by atoms with van der Waals surface area (Å²) < 4.78 is 12.3. The molecular formula is C29H27BrN2O5S. The van der Waals surface area contributed by atoms with Crippen molar-refractivity contribution in [1.82, 2.24) is 4.90 Å². The lowest BCUT2D eigenvalue weighted by Gasteiger charge is -2.13. The number of hydrogen-bond acceptors (Lipinski definition) is 6. The molecule has 1 fully saturated rings. The van der Waals surface area contributed by atoms with E-state index in [1.54, 1.807) is 24.3 Å². The summed E-state index contributed by atoms with van der Waals surface area (Å²) in [6.45, 7) is 6.23. The predicted octanol–water partition coefficient (Wildman–Crippen LogP) is 6.72. The molecule has 0 spiro atoms. The van der Waals surface area contributed by atoms with E-state index >= 15 is 0 Å². The second-order valence-electron chi connectivity index (χ2n) is 8.67. The van der Waals surface area contributed by atoms with Crippen LogP contribution in [-0.2, 0) is 16.1 Å². The number of thioether (sulfide) groups is 1. The topological polar surface area (TPSA) is 84.9 Å². The van der Waals surface area contributed by atoms with Gasteiger partial charge in [0.05, 0.1) is 18.1 Å². The van der Waals surface area contributed by atoms with Crippen molar-refractivity contribution >= 4 is 56.5 Å². The molecule has 4 rings (SSSR count). The van der Waals surface area contributed by atoms with Crippen molar-refractivity contribution in [2.24, 2.45) is 0 Å². The number of aryl methyl sites for hydroxylation is 2. The molecular weight excluding hydrogens is 568 g/mol. The molecule has 196 valence electrons. The quantitative estimate of drug-likeness (QED) is 0.277. The molecule has 1 aliphatic heterocycles. The number of imide groups is 1. The molecule has 0 atom stereocenters. The highest BCUT2D eigenvalue weighted by atomic mass is 79.9.